The Balaban J connectivity index is 0.687. The molecule has 6 aromatic rings. The van der Waals surface area contributed by atoms with E-state index in [4.69, 9.17) is 0 Å². The number of carbonyl (C=O) groups is 3. The van der Waals surface area contributed by atoms with Crippen molar-refractivity contribution in [3.05, 3.63) is 124 Å². The molecule has 0 spiro atoms. The molecule has 3 aromatic carbocycles. The first kappa shape index (κ1) is 44.2. The second kappa shape index (κ2) is 17.8. The molecule has 0 radical (unpaired) electrons. The van der Waals surface area contributed by atoms with Crippen LogP contribution in [0, 0.1) is 18.6 Å². The number of aromatic nitrogens is 5. The van der Waals surface area contributed by atoms with Crippen molar-refractivity contribution in [1.29, 1.82) is 0 Å². The lowest BCUT2D eigenvalue weighted by molar-refractivity contribution is -0.136. The summed E-state index contributed by atoms with van der Waals surface area (Å²) in [5, 5.41) is 17.2. The Kier molecular flexibility index (Phi) is 11.8. The van der Waals surface area contributed by atoms with E-state index < -0.39 is 29.2 Å². The van der Waals surface area contributed by atoms with Crippen molar-refractivity contribution in [2.24, 2.45) is 0 Å². The summed E-state index contributed by atoms with van der Waals surface area (Å²) in [6, 6.07) is 20.5. The second-order valence-electron chi connectivity index (χ2n) is 18.5. The Bertz CT molecular complexity index is 2870. The summed E-state index contributed by atoms with van der Waals surface area (Å²) < 4.78 is 32.2. The van der Waals surface area contributed by atoms with E-state index in [1.807, 2.05) is 55.8 Å². The first-order valence-electron chi connectivity index (χ1n) is 23.0. The van der Waals surface area contributed by atoms with Crippen molar-refractivity contribution in [3.8, 4) is 11.3 Å². The maximum Gasteiger partial charge on any atom is 0.255 e. The predicted molar refractivity (Wildman–Crippen MR) is 248 cm³/mol. The standard InChI is InChI=1S/C50H53F2N11O4/c1-30(2)63-31(3)55-46-39(51)23-34(24-42(46)63)45-40(52)26-54-49(58-45)56-43-12-6-33(25-53-43)28-60-18-20-61(21-19-60)37-8-4-32(5-9-37)27-59-16-14-50(67,15-17-59)36-7-10-38-35(22-36)29-62(48(38)66)41-11-13-44(64)57-47(41)65/h4-10,12,22-26,30,41,67H,11,13-21,27-29H2,1-3H3,(H,57,64,65)(H,53,54,56,58). The smallest absolute Gasteiger partial charge is 0.255 e. The number of aliphatic hydroxyl groups is 1. The second-order valence-corrected chi connectivity index (χ2v) is 18.5. The molecule has 3 amide bonds. The molecule has 3 saturated heterocycles. The molecule has 0 saturated carbocycles. The summed E-state index contributed by atoms with van der Waals surface area (Å²) in [6.45, 7) is 12.6. The number of likely N-dealkylation sites (tertiary alicyclic amines) is 1. The molecule has 67 heavy (non-hydrogen) atoms. The molecule has 4 aliphatic heterocycles. The fraction of sp³-hybridized carbons (Fsp3) is 0.380. The molecule has 17 heteroatoms. The van der Waals surface area contributed by atoms with Crippen LogP contribution in [0.5, 0.6) is 0 Å². The highest BCUT2D eigenvalue weighted by molar-refractivity contribution is 6.05. The molecule has 3 fully saturated rings. The average Bonchev–Trinajstić information content (AvgIpc) is 3.84. The van der Waals surface area contributed by atoms with Crippen LogP contribution in [0.1, 0.15) is 84.0 Å². The van der Waals surface area contributed by atoms with Crippen molar-refractivity contribution in [2.45, 2.75) is 83.8 Å². The highest BCUT2D eigenvalue weighted by atomic mass is 19.1. The van der Waals surface area contributed by atoms with E-state index in [9.17, 15) is 19.5 Å². The zero-order chi connectivity index (χ0) is 46.6. The lowest BCUT2D eigenvalue weighted by Gasteiger charge is -2.39. The van der Waals surface area contributed by atoms with Gasteiger partial charge in [-0.1, -0.05) is 30.3 Å². The van der Waals surface area contributed by atoms with Gasteiger partial charge in [0.05, 0.1) is 17.3 Å². The summed E-state index contributed by atoms with van der Waals surface area (Å²) in [4.78, 5) is 63.5. The molecule has 3 aromatic heterocycles. The van der Waals surface area contributed by atoms with Gasteiger partial charge in [-0.2, -0.15) is 0 Å². The summed E-state index contributed by atoms with van der Waals surface area (Å²) >= 11 is 0. The molecule has 1 atom stereocenters. The number of rotatable bonds is 11. The van der Waals surface area contributed by atoms with Gasteiger partial charge in [0, 0.05) is 94.4 Å². The highest BCUT2D eigenvalue weighted by Gasteiger charge is 2.41. The van der Waals surface area contributed by atoms with Crippen molar-refractivity contribution in [1.82, 2.24) is 44.5 Å². The molecular weight excluding hydrogens is 857 g/mol. The van der Waals surface area contributed by atoms with Gasteiger partial charge >= 0.3 is 0 Å². The van der Waals surface area contributed by atoms with E-state index in [0.717, 1.165) is 75.2 Å². The number of hydrogen-bond donors (Lipinski definition) is 3. The summed E-state index contributed by atoms with van der Waals surface area (Å²) in [6.07, 6.45) is 4.54. The normalized spacial score (nSPS) is 19.1. The molecule has 3 N–H and O–H groups in total. The van der Waals surface area contributed by atoms with Crippen LogP contribution in [-0.2, 0) is 34.8 Å². The van der Waals surface area contributed by atoms with Gasteiger partial charge in [0.15, 0.2) is 11.6 Å². The minimum absolute atomic E-state index is 0.0215. The van der Waals surface area contributed by atoms with Crippen LogP contribution in [0.2, 0.25) is 0 Å². The van der Waals surface area contributed by atoms with Gasteiger partial charge in [0.2, 0.25) is 17.8 Å². The van der Waals surface area contributed by atoms with Crippen LogP contribution in [0.4, 0.5) is 26.2 Å². The summed E-state index contributed by atoms with van der Waals surface area (Å²) in [7, 11) is 0. The topological polar surface area (TPSA) is 165 Å². The predicted octanol–water partition coefficient (Wildman–Crippen LogP) is 6.37. The number of fused-ring (bicyclic) bond motifs is 2. The number of halogens is 2. The molecule has 15 nitrogen and oxygen atoms in total. The molecule has 10 rings (SSSR count). The van der Waals surface area contributed by atoms with Crippen LogP contribution in [0.25, 0.3) is 22.3 Å². The fourth-order valence-electron chi connectivity index (χ4n) is 10.1. The molecule has 0 aliphatic carbocycles. The SMILES string of the molecule is Cc1nc2c(F)cc(-c3nc(Nc4ccc(CN5CCN(c6ccc(CN7CCC(O)(c8ccc9c(c8)CN(C8CCC(=O)NC8=O)C9=O)CC7)cc6)CC5)cn4)ncc3F)cc2n1C(C)C. The number of nitrogens with one attached hydrogen (secondary N) is 2. The van der Waals surface area contributed by atoms with Gasteiger partial charge in [-0.15, -0.1) is 0 Å². The number of pyridine rings is 1. The Labute approximate surface area is 386 Å². The minimum atomic E-state index is -1.01. The number of amides is 3. The van der Waals surface area contributed by atoms with Crippen molar-refractivity contribution in [3.63, 3.8) is 0 Å². The number of imidazole rings is 1. The van der Waals surface area contributed by atoms with E-state index in [-0.39, 0.29) is 48.0 Å². The molecule has 346 valence electrons. The van der Waals surface area contributed by atoms with Crippen LogP contribution in [0.3, 0.4) is 0 Å². The van der Waals surface area contributed by atoms with Crippen LogP contribution >= 0.6 is 0 Å². The number of benzene rings is 3. The van der Waals surface area contributed by atoms with Gasteiger partial charge < -0.3 is 24.8 Å². The van der Waals surface area contributed by atoms with E-state index in [1.54, 1.807) is 12.1 Å². The number of imide groups is 1. The molecule has 0 bridgehead atoms. The lowest BCUT2D eigenvalue weighted by atomic mass is 9.83. The first-order valence-corrected chi connectivity index (χ1v) is 23.0. The summed E-state index contributed by atoms with van der Waals surface area (Å²) in [5.74, 6) is -0.842. The van der Waals surface area contributed by atoms with Gasteiger partial charge in [0.25, 0.3) is 5.91 Å². The third-order valence-electron chi connectivity index (χ3n) is 13.8. The van der Waals surface area contributed by atoms with Gasteiger partial charge in [-0.3, -0.25) is 29.5 Å². The van der Waals surface area contributed by atoms with Crippen molar-refractivity contribution < 1.29 is 28.3 Å². The van der Waals surface area contributed by atoms with Gasteiger partial charge in [-0.25, -0.2) is 28.7 Å². The quantitative estimate of drug-likeness (QED) is 0.123. The fourth-order valence-corrected chi connectivity index (χ4v) is 10.1. The van der Waals surface area contributed by atoms with Gasteiger partial charge in [0.1, 0.15) is 28.9 Å². The van der Waals surface area contributed by atoms with Crippen LogP contribution in [0.15, 0.2) is 79.1 Å². The van der Waals surface area contributed by atoms with E-state index >= 15 is 8.78 Å². The van der Waals surface area contributed by atoms with Gasteiger partial charge in [-0.05, 0) is 98.7 Å². The zero-order valence-electron chi connectivity index (χ0n) is 37.8. The lowest BCUT2D eigenvalue weighted by Crippen LogP contribution is -2.52. The zero-order valence-corrected chi connectivity index (χ0v) is 37.8. The Morgan fingerprint density at radius 2 is 1.57 bits per heavy atom. The maximum atomic E-state index is 15.2. The number of piperidine rings is 2. The van der Waals surface area contributed by atoms with E-state index in [0.29, 0.717) is 47.5 Å². The maximum absolute atomic E-state index is 15.2. The Hall–Kier alpha value is -6.69. The molecular formula is C50H53F2N11O4. The summed E-state index contributed by atoms with van der Waals surface area (Å²) in [5.41, 5.74) is 5.68. The van der Waals surface area contributed by atoms with Crippen molar-refractivity contribution >= 4 is 46.2 Å². The Morgan fingerprint density at radius 1 is 0.836 bits per heavy atom. The number of hydrogen-bond acceptors (Lipinski definition) is 12. The molecule has 7 heterocycles. The van der Waals surface area contributed by atoms with Crippen LogP contribution < -0.4 is 15.5 Å². The number of aryl methyl sites for hydroxylation is 1. The highest BCUT2D eigenvalue weighted by Crippen LogP contribution is 2.37. The Morgan fingerprint density at radius 3 is 2.28 bits per heavy atom. The minimum Gasteiger partial charge on any atom is -0.385 e. The number of carbonyl (C=O) groups excluding carboxylic acids is 3. The third-order valence-corrected chi connectivity index (χ3v) is 13.8. The molecule has 4 aliphatic rings. The monoisotopic (exact) mass is 909 g/mol. The first-order chi connectivity index (χ1) is 32.3. The average molecular weight is 910 g/mol. The number of piperazine rings is 1. The largest absolute Gasteiger partial charge is 0.385 e. The van der Waals surface area contributed by atoms with E-state index in [1.165, 1.54) is 22.2 Å². The number of anilines is 3. The molecule has 1 unspecified atom stereocenters. The number of nitrogens with zero attached hydrogens (tertiary/aromatic N) is 9. The van der Waals surface area contributed by atoms with Crippen LogP contribution in [-0.4, -0.2) is 107 Å². The van der Waals surface area contributed by atoms with Crippen molar-refractivity contribution in [2.75, 3.05) is 49.5 Å². The third kappa shape index (κ3) is 8.86. The van der Waals surface area contributed by atoms with E-state index in [2.05, 4.69) is 69.5 Å².